The fraction of sp³-hybridized carbons (Fsp3) is 0.854. The summed E-state index contributed by atoms with van der Waals surface area (Å²) in [5.41, 5.74) is -6.07. The summed E-state index contributed by atoms with van der Waals surface area (Å²) in [5, 5.41) is 64.2. The number of carbonyl (C=O) groups excluding carboxylic acids is 1. The van der Waals surface area contributed by atoms with E-state index in [1.165, 1.54) is 27.1 Å². The number of β-amino-alcohol motifs (C(OH)–C–C–N with tert-alkyl or cyclic N) is 1. The molecule has 0 amide bonds. The molecule has 392 valence electrons. The van der Waals surface area contributed by atoms with Crippen molar-refractivity contribution in [1.82, 2.24) is 14.5 Å². The summed E-state index contributed by atoms with van der Waals surface area (Å²) >= 11 is 6.14. The number of rotatable bonds is 12. The number of piperidine rings is 1. The lowest BCUT2D eigenvalue weighted by Crippen LogP contribution is -2.70. The van der Waals surface area contributed by atoms with Crippen LogP contribution in [0.15, 0.2) is 24.3 Å². The third kappa shape index (κ3) is 12.9. The Bertz CT molecular complexity index is 1910. The summed E-state index contributed by atoms with van der Waals surface area (Å²) < 4.78 is 69.9. The van der Waals surface area contributed by atoms with Crippen LogP contribution in [-0.2, 0) is 43.4 Å². The number of nitrogens with one attached hydrogen (secondary N) is 2. The number of hydrogen-bond donors (Lipinski definition) is 7. The Balaban J connectivity index is 1.55. The third-order valence-electron chi connectivity index (χ3n) is 15.4. The number of anilines is 1. The van der Waals surface area contributed by atoms with Crippen LogP contribution in [0.1, 0.15) is 114 Å². The van der Waals surface area contributed by atoms with Crippen LogP contribution in [0.2, 0.25) is 5.02 Å². The zero-order valence-corrected chi connectivity index (χ0v) is 43.8. The minimum atomic E-state index is -4.27. The zero-order chi connectivity index (χ0) is 50.7. The average molecular weight is 1010 g/mol. The van der Waals surface area contributed by atoms with Gasteiger partial charge in [-0.05, 0) is 124 Å². The van der Waals surface area contributed by atoms with Gasteiger partial charge in [-0.25, -0.2) is 0 Å². The van der Waals surface area contributed by atoms with Crippen molar-refractivity contribution in [2.45, 2.75) is 204 Å². The molecule has 4 aliphatic rings. The predicted octanol–water partition coefficient (Wildman–Crippen LogP) is 3.80. The van der Waals surface area contributed by atoms with Crippen molar-refractivity contribution in [1.29, 1.82) is 0 Å². The van der Waals surface area contributed by atoms with Crippen molar-refractivity contribution < 1.29 is 67.2 Å². The Hall–Kier alpha value is -1.79. The number of aliphatic hydroxyl groups is 5. The van der Waals surface area contributed by atoms with Crippen LogP contribution in [0, 0.1) is 17.8 Å². The fourth-order valence-corrected chi connectivity index (χ4v) is 12.3. The molecule has 18 atom stereocenters. The first-order chi connectivity index (χ1) is 31.6. The van der Waals surface area contributed by atoms with Gasteiger partial charge in [0.05, 0.1) is 47.7 Å². The second-order valence-electron chi connectivity index (χ2n) is 21.0. The number of likely N-dealkylation sites (N-methyl/N-ethyl adjacent to an activating group) is 1. The highest BCUT2D eigenvalue weighted by Crippen LogP contribution is 2.44. The molecular formula is C48H83ClN4O14S. The van der Waals surface area contributed by atoms with Gasteiger partial charge in [0.15, 0.2) is 12.6 Å². The quantitative estimate of drug-likeness (QED) is 0.148. The van der Waals surface area contributed by atoms with E-state index in [1.807, 2.05) is 13.8 Å². The van der Waals surface area contributed by atoms with Crippen LogP contribution in [0.3, 0.4) is 0 Å². The number of cyclic esters (lactones) is 1. The Morgan fingerprint density at radius 1 is 0.985 bits per heavy atom. The standard InChI is InChI=1S/C48H83ClN4O14S/c1-13-37-47(10,58)41(55)32(6)50-26-28(2)24-45(8,57)42(67-44-39(54)36(22-29(3)63-44)52(11)68(60,61)51-35-19-17-18-34(49)23-35)30(4)40(31(5)43(56)65-37)66-38-25-46(9,62-12)48(59,33(7)64-38)27-53-20-15-14-16-21-53/h17-19,23,28-33,36-42,44,50-51,54-55,57-59H,13-16,20-22,24-27H2,1-12H3/t28-,29+,30+,31-,32-,33+,36-,37-,38+,39+,40+,41-,42-,44-,45-,46-,47-,48+/m1/s1. The molecule has 0 bridgehead atoms. The van der Waals surface area contributed by atoms with Gasteiger partial charge in [0.1, 0.15) is 35.1 Å². The molecule has 0 radical (unpaired) electrons. The average Bonchev–Trinajstić information content (AvgIpc) is 3.27. The lowest BCUT2D eigenvalue weighted by atomic mass is 9.74. The lowest BCUT2D eigenvalue weighted by Gasteiger charge is -2.55. The first-order valence-electron chi connectivity index (χ1n) is 24.5. The number of nitrogens with zero attached hydrogens (tertiary/aromatic N) is 2. The molecule has 1 aromatic carbocycles. The second-order valence-corrected chi connectivity index (χ2v) is 23.2. The molecule has 18 nitrogen and oxygen atoms in total. The van der Waals surface area contributed by atoms with Crippen molar-refractivity contribution in [2.75, 3.05) is 45.1 Å². The largest absolute Gasteiger partial charge is 0.459 e. The van der Waals surface area contributed by atoms with Crippen LogP contribution in [0.25, 0.3) is 0 Å². The van der Waals surface area contributed by atoms with Gasteiger partial charge >= 0.3 is 16.2 Å². The summed E-state index contributed by atoms with van der Waals surface area (Å²) in [6.07, 6.45) is -7.06. The van der Waals surface area contributed by atoms with Gasteiger partial charge in [-0.2, -0.15) is 12.7 Å². The number of ether oxygens (including phenoxy) is 6. The first-order valence-corrected chi connectivity index (χ1v) is 26.3. The van der Waals surface area contributed by atoms with E-state index in [0.29, 0.717) is 11.6 Å². The molecule has 0 aliphatic carbocycles. The number of carbonyl (C=O) groups is 1. The number of likely N-dealkylation sites (tertiary alicyclic amines) is 1. The van der Waals surface area contributed by atoms with Gasteiger partial charge in [-0.3, -0.25) is 9.52 Å². The van der Waals surface area contributed by atoms with Gasteiger partial charge in [-0.15, -0.1) is 0 Å². The minimum absolute atomic E-state index is 0.0395. The van der Waals surface area contributed by atoms with Gasteiger partial charge < -0.3 is 64.2 Å². The summed E-state index contributed by atoms with van der Waals surface area (Å²) in [6, 6.07) is 4.50. The van der Waals surface area contributed by atoms with Crippen molar-refractivity contribution >= 4 is 33.5 Å². The SMILES string of the molecule is CC[C@H]1OC(=O)[C@H](C)[C@@H](O[C@H]2C[C@@](C)(OC)[C@](O)(CN3CCCCC3)[C@H](C)O2)[C@H](C)[C@@H](O[C@H]2O[C@@H](C)C[C@@H](N(C)S(=O)(=O)Nc3cccc(Cl)c3)[C@@H]2O)[C@](C)(O)C[C@@H](C)CN[C@H](C)[C@@H](O)[C@]1(C)O. The summed E-state index contributed by atoms with van der Waals surface area (Å²) in [7, 11) is -1.39. The molecule has 4 aliphatic heterocycles. The number of methoxy groups -OCH3 is 1. The molecule has 0 aromatic heterocycles. The first kappa shape index (κ1) is 57.1. The number of esters is 1. The van der Waals surface area contributed by atoms with E-state index >= 15 is 0 Å². The van der Waals surface area contributed by atoms with Gasteiger partial charge in [0.25, 0.3) is 0 Å². The summed E-state index contributed by atoms with van der Waals surface area (Å²) in [5.74, 6) is -3.15. The van der Waals surface area contributed by atoms with Gasteiger partial charge in [0.2, 0.25) is 0 Å². The molecule has 5 rings (SSSR count). The molecule has 4 heterocycles. The molecule has 0 saturated carbocycles. The van der Waals surface area contributed by atoms with Crippen molar-refractivity contribution in [3.05, 3.63) is 29.3 Å². The topological polar surface area (TPSA) is 238 Å². The van der Waals surface area contributed by atoms with Crippen LogP contribution in [-0.4, -0.2) is 179 Å². The molecule has 4 fully saturated rings. The molecular weight excluding hydrogens is 924 g/mol. The minimum Gasteiger partial charge on any atom is -0.459 e. The maximum Gasteiger partial charge on any atom is 0.311 e. The fourth-order valence-electron chi connectivity index (χ4n) is 11.0. The van der Waals surface area contributed by atoms with Crippen LogP contribution < -0.4 is 10.0 Å². The highest BCUT2D eigenvalue weighted by molar-refractivity contribution is 7.90. The monoisotopic (exact) mass is 1010 g/mol. The molecule has 7 N–H and O–H groups in total. The number of benzene rings is 1. The molecule has 68 heavy (non-hydrogen) atoms. The maximum atomic E-state index is 14.6. The Kier molecular flexibility index (Phi) is 19.3. The van der Waals surface area contributed by atoms with E-state index in [9.17, 15) is 38.7 Å². The van der Waals surface area contributed by atoms with Crippen molar-refractivity contribution in [3.8, 4) is 0 Å². The van der Waals surface area contributed by atoms with Crippen molar-refractivity contribution in [2.24, 2.45) is 17.8 Å². The Labute approximate surface area is 409 Å². The second kappa shape index (κ2) is 23.0. The predicted molar refractivity (Wildman–Crippen MR) is 257 cm³/mol. The lowest BCUT2D eigenvalue weighted by molar-refractivity contribution is -0.339. The number of hydrogen-bond acceptors (Lipinski definition) is 16. The van der Waals surface area contributed by atoms with E-state index in [-0.39, 0.29) is 43.8 Å². The van der Waals surface area contributed by atoms with Crippen LogP contribution in [0.5, 0.6) is 0 Å². The number of halogens is 1. The van der Waals surface area contributed by atoms with E-state index in [1.54, 1.807) is 66.7 Å². The summed E-state index contributed by atoms with van der Waals surface area (Å²) in [6.45, 7) is 19.3. The highest BCUT2D eigenvalue weighted by atomic mass is 35.5. The Morgan fingerprint density at radius 3 is 2.26 bits per heavy atom. The highest BCUT2D eigenvalue weighted by Gasteiger charge is 2.59. The van der Waals surface area contributed by atoms with E-state index in [4.69, 9.17) is 40.0 Å². The molecule has 0 unspecified atom stereocenters. The molecule has 1 aromatic rings. The van der Waals surface area contributed by atoms with Crippen molar-refractivity contribution in [3.63, 3.8) is 0 Å². The van der Waals surface area contributed by atoms with Gasteiger partial charge in [0, 0.05) is 44.1 Å². The molecule has 0 spiro atoms. The third-order valence-corrected chi connectivity index (χ3v) is 17.1. The van der Waals surface area contributed by atoms with E-state index in [0.717, 1.165) is 36.7 Å². The van der Waals surface area contributed by atoms with E-state index in [2.05, 4.69) is 14.9 Å². The molecule has 4 saturated heterocycles. The van der Waals surface area contributed by atoms with E-state index < -0.39 is 118 Å². The van der Waals surface area contributed by atoms with Gasteiger partial charge in [-0.1, -0.05) is 44.9 Å². The van der Waals surface area contributed by atoms with Crippen LogP contribution >= 0.6 is 11.6 Å². The Morgan fingerprint density at radius 2 is 1.65 bits per heavy atom. The summed E-state index contributed by atoms with van der Waals surface area (Å²) in [4.78, 5) is 16.8. The van der Waals surface area contributed by atoms with Crippen LogP contribution in [0.4, 0.5) is 5.69 Å². The normalized spacial score (nSPS) is 43.3. The smallest absolute Gasteiger partial charge is 0.311 e. The zero-order valence-electron chi connectivity index (χ0n) is 42.3. The number of aliphatic hydroxyl groups excluding tert-OH is 2. The molecule has 20 heteroatoms. The maximum absolute atomic E-state index is 14.6.